The lowest BCUT2D eigenvalue weighted by Gasteiger charge is -2.71. The number of aryl methyl sites for hydroxylation is 1. The van der Waals surface area contributed by atoms with Gasteiger partial charge in [-0.1, -0.05) is 33.3 Å². The number of hydrogen-bond donors (Lipinski definition) is 9. The second-order valence-corrected chi connectivity index (χ2v) is 22.9. The Morgan fingerprint density at radius 3 is 2.25 bits per heavy atom. The predicted octanol–water partition coefficient (Wildman–Crippen LogP) is 0.675. The van der Waals surface area contributed by atoms with Crippen LogP contribution in [0.2, 0.25) is 0 Å². The number of carbonyl (C=O) groups excluding carboxylic acids is 7. The number of aliphatic carboxylic acids is 1. The van der Waals surface area contributed by atoms with E-state index in [1.165, 1.54) is 13.0 Å². The van der Waals surface area contributed by atoms with Gasteiger partial charge in [-0.05, 0) is 92.3 Å². The lowest BCUT2D eigenvalue weighted by Crippen LogP contribution is -2.77. The molecule has 0 unspecified atom stereocenters. The first kappa shape index (κ1) is 56.6. The number of nitrogens with zero attached hydrogens (tertiary/aromatic N) is 3. The number of pyridine rings is 2. The number of anilines is 1. The number of aliphatic hydroxyl groups excluding tert-OH is 3. The van der Waals surface area contributed by atoms with Crippen molar-refractivity contribution in [2.24, 2.45) is 5.92 Å². The van der Waals surface area contributed by atoms with Crippen LogP contribution in [0.1, 0.15) is 99.6 Å². The first-order chi connectivity index (χ1) is 39.4. The number of ether oxygens (including phenoxy) is 5. The molecule has 2 bridgehead atoms. The highest BCUT2D eigenvalue weighted by molar-refractivity contribution is 6.14. The van der Waals surface area contributed by atoms with Crippen LogP contribution in [0.15, 0.2) is 53.3 Å². The van der Waals surface area contributed by atoms with E-state index >= 15 is 0 Å². The fourth-order valence-electron chi connectivity index (χ4n) is 12.8. The van der Waals surface area contributed by atoms with Gasteiger partial charge in [0.15, 0.2) is 23.2 Å². The third-order valence-electron chi connectivity index (χ3n) is 16.9. The minimum absolute atomic E-state index is 0.00514. The van der Waals surface area contributed by atoms with Crippen LogP contribution in [0.3, 0.4) is 0 Å². The Balaban J connectivity index is 0.793. The number of carboxylic acids is 1. The number of esters is 1. The molecule has 12 rings (SSSR count). The predicted molar refractivity (Wildman–Crippen MR) is 285 cm³/mol. The summed E-state index contributed by atoms with van der Waals surface area (Å²) in [7, 11) is 0. The Bertz CT molecular complexity index is 3520. The average Bonchev–Trinajstić information content (AvgIpc) is 1.52. The largest absolute Gasteiger partial charge is 0.479 e. The lowest BCUT2D eigenvalue weighted by molar-refractivity contribution is -0.228. The highest BCUT2D eigenvalue weighted by Crippen LogP contribution is 2.70. The molecule has 8 aliphatic rings. The van der Waals surface area contributed by atoms with Crippen molar-refractivity contribution < 1.29 is 87.6 Å². The number of carboxylic acid groups (broad SMARTS) is 1. The zero-order chi connectivity index (χ0) is 59.2. The molecule has 6 amide bonds. The molecule has 7 heterocycles. The van der Waals surface area contributed by atoms with Gasteiger partial charge in [0, 0.05) is 51.4 Å². The molecular formula is C57H61N7O19. The summed E-state index contributed by atoms with van der Waals surface area (Å²) in [4.78, 5) is 123. The molecule has 26 heteroatoms. The van der Waals surface area contributed by atoms with Gasteiger partial charge in [0.25, 0.3) is 17.4 Å². The van der Waals surface area contributed by atoms with Gasteiger partial charge in [0.2, 0.25) is 24.5 Å². The van der Waals surface area contributed by atoms with E-state index in [0.717, 1.165) is 28.7 Å². The number of imide groups is 1. The lowest BCUT2D eigenvalue weighted by atomic mass is 9.37. The van der Waals surface area contributed by atoms with Gasteiger partial charge in [-0.2, -0.15) is 0 Å². The van der Waals surface area contributed by atoms with Gasteiger partial charge >= 0.3 is 18.0 Å². The van der Waals surface area contributed by atoms with Crippen LogP contribution in [-0.2, 0) is 85.0 Å². The standard InChI is InChI=1S/C57H61N7O19/c1-5-12-57(78)33-15-35-44-31(17-63(35)51(73)32(33)20-79-53(57)76)42(30-14-37-38(82-24-81-37)16-34(30)60-44)55-21-56(22-55,23-55)62-54(77)80-19-28-6-8-29(13-27(28)7-9-36-45(68)46(69)47(70)48(83-36)52(74)75)59-49(71)26(4)58-50(72)43(25(2)3)61-39(65)18-64-40(66)10-11-41(64)67/h6,8,10-11,13-16,25-26,36,43,45-48,68-70,78H,5,7,9,12,17-24H2,1-4H3,(H,58,72)(H,59,71)(H,61,65)(H,62,77)(H,74,75)/t26-,36-,43-,45-,46+,47-,48-,55?,56?,57-/m0/s1. The first-order valence-corrected chi connectivity index (χ1v) is 27.3. The molecule has 26 nitrogen and oxygen atoms in total. The average molecular weight is 1150 g/mol. The summed E-state index contributed by atoms with van der Waals surface area (Å²) in [6, 6.07) is 7.61. The molecule has 1 saturated heterocycles. The second kappa shape index (κ2) is 21.2. The summed E-state index contributed by atoms with van der Waals surface area (Å²) >= 11 is 0. The van der Waals surface area contributed by atoms with E-state index in [0.29, 0.717) is 70.1 Å². The molecule has 0 radical (unpaired) electrons. The zero-order valence-corrected chi connectivity index (χ0v) is 45.5. The van der Waals surface area contributed by atoms with Gasteiger partial charge in [0.05, 0.1) is 35.1 Å². The van der Waals surface area contributed by atoms with E-state index in [1.807, 2.05) is 13.0 Å². The number of nitrogens with one attached hydrogen (secondary N) is 4. The summed E-state index contributed by atoms with van der Waals surface area (Å²) in [5.74, 6) is -5.40. The van der Waals surface area contributed by atoms with Crippen LogP contribution < -0.4 is 36.3 Å². The second-order valence-electron chi connectivity index (χ2n) is 22.9. The summed E-state index contributed by atoms with van der Waals surface area (Å²) in [5.41, 5.74) is 1.13. The van der Waals surface area contributed by atoms with Crippen LogP contribution in [-0.4, -0.2) is 149 Å². The number of cyclic esters (lactones) is 1. The Morgan fingerprint density at radius 2 is 1.57 bits per heavy atom. The molecule has 2 aromatic heterocycles. The quantitative estimate of drug-likeness (QED) is 0.0430. The van der Waals surface area contributed by atoms with E-state index in [-0.39, 0.29) is 62.6 Å². The van der Waals surface area contributed by atoms with Crippen molar-refractivity contribution in [2.45, 2.75) is 152 Å². The summed E-state index contributed by atoms with van der Waals surface area (Å²) in [6.07, 6.45) is -5.48. The summed E-state index contributed by atoms with van der Waals surface area (Å²) in [5, 5.41) is 64.7. The van der Waals surface area contributed by atoms with Crippen molar-refractivity contribution in [3.8, 4) is 22.9 Å². The normalized spacial score (nSPS) is 26.7. The smallest absolute Gasteiger partial charge is 0.407 e. The van der Waals surface area contributed by atoms with Gasteiger partial charge < -0.3 is 75.1 Å². The van der Waals surface area contributed by atoms with Crippen LogP contribution >= 0.6 is 0 Å². The van der Waals surface area contributed by atoms with Crippen molar-refractivity contribution in [1.29, 1.82) is 0 Å². The number of benzene rings is 2. The highest BCUT2D eigenvalue weighted by atomic mass is 16.7. The summed E-state index contributed by atoms with van der Waals surface area (Å²) in [6.45, 7) is 5.46. The van der Waals surface area contributed by atoms with E-state index in [1.54, 1.807) is 42.7 Å². The number of amides is 6. The molecule has 2 aromatic carbocycles. The molecule has 4 aromatic rings. The van der Waals surface area contributed by atoms with Crippen LogP contribution in [0.4, 0.5) is 10.5 Å². The Labute approximate surface area is 472 Å². The fraction of sp³-hybridized carbons (Fsp3) is 0.474. The maximum Gasteiger partial charge on any atom is 0.407 e. The van der Waals surface area contributed by atoms with Gasteiger partial charge in [-0.3, -0.25) is 33.7 Å². The van der Waals surface area contributed by atoms with Gasteiger partial charge in [-0.15, -0.1) is 0 Å². The molecule has 83 heavy (non-hydrogen) atoms. The zero-order valence-electron chi connectivity index (χ0n) is 45.5. The molecule has 3 aliphatic carbocycles. The van der Waals surface area contributed by atoms with Crippen LogP contribution in [0.25, 0.3) is 22.3 Å². The number of rotatable bonds is 18. The van der Waals surface area contributed by atoms with E-state index < -0.39 is 125 Å². The van der Waals surface area contributed by atoms with Gasteiger partial charge in [-0.25, -0.2) is 19.4 Å². The number of alkyl carbamates (subject to hydrolysis) is 1. The molecule has 4 fully saturated rings. The van der Waals surface area contributed by atoms with Crippen molar-refractivity contribution in [3.63, 3.8) is 0 Å². The first-order valence-electron chi connectivity index (χ1n) is 27.3. The van der Waals surface area contributed by atoms with Crippen molar-refractivity contribution in [2.75, 3.05) is 18.7 Å². The fourth-order valence-corrected chi connectivity index (χ4v) is 12.8. The third-order valence-corrected chi connectivity index (χ3v) is 16.9. The minimum Gasteiger partial charge on any atom is -0.479 e. The topological polar surface area (TPSA) is 370 Å². The molecule has 8 atom stereocenters. The maximum absolute atomic E-state index is 14.3. The SMILES string of the molecule is CCC[C@@]1(O)C(=O)OCc2c1cc1n(c2=O)Cc2c-1nc1cc3c(cc1c2C12CC(NC(=O)OCc4ccc(NC(=O)[C@H](C)NC(=O)[C@@H](NC(=O)CN5C(=O)C=CC5=O)C(C)C)cc4CC[C@@H]4O[C@H](C(=O)O)[C@@H](O)[C@H](O)[C@H]4O)(C1)C2)OCO3. The molecule has 438 valence electrons. The Hall–Kier alpha value is -8.30. The molecule has 5 aliphatic heterocycles. The monoisotopic (exact) mass is 1150 g/mol. The number of aliphatic hydroxyl groups is 4. The number of hydrogen-bond acceptors (Lipinski definition) is 19. The highest BCUT2D eigenvalue weighted by Gasteiger charge is 2.70. The van der Waals surface area contributed by atoms with Crippen molar-refractivity contribution >= 4 is 64.2 Å². The minimum atomic E-state index is -2.01. The van der Waals surface area contributed by atoms with E-state index in [2.05, 4.69) is 21.3 Å². The molecule has 9 N–H and O–H groups in total. The molecule has 3 saturated carbocycles. The summed E-state index contributed by atoms with van der Waals surface area (Å²) < 4.78 is 29.8. The molecule has 0 spiro atoms. The maximum atomic E-state index is 14.3. The van der Waals surface area contributed by atoms with E-state index in [4.69, 9.17) is 28.7 Å². The van der Waals surface area contributed by atoms with Gasteiger partial charge in [0.1, 0.15) is 50.2 Å². The number of aromatic nitrogens is 2. The van der Waals surface area contributed by atoms with Crippen molar-refractivity contribution in [1.82, 2.24) is 30.4 Å². The van der Waals surface area contributed by atoms with Crippen LogP contribution in [0.5, 0.6) is 11.5 Å². The molecular weight excluding hydrogens is 1090 g/mol. The Morgan fingerprint density at radius 1 is 0.855 bits per heavy atom. The van der Waals surface area contributed by atoms with E-state index in [9.17, 15) is 68.7 Å². The van der Waals surface area contributed by atoms with Crippen molar-refractivity contribution in [3.05, 3.63) is 92.3 Å². The Kier molecular flexibility index (Phi) is 14.4. The van der Waals surface area contributed by atoms with Crippen LogP contribution in [0, 0.1) is 5.92 Å². The number of fused-ring (bicyclic) bond motifs is 6. The number of carbonyl (C=O) groups is 8. The third kappa shape index (κ3) is 9.89.